The summed E-state index contributed by atoms with van der Waals surface area (Å²) in [6, 6.07) is 13.6. The molecular weight excluding hydrogens is 470 g/mol. The second kappa shape index (κ2) is 13.0. The number of hydrogen-bond donors (Lipinski definition) is 1. The molecule has 0 fully saturated rings. The summed E-state index contributed by atoms with van der Waals surface area (Å²) in [7, 11) is -0.963. The van der Waals surface area contributed by atoms with Crippen LogP contribution in [0.15, 0.2) is 48.5 Å². The Balaban J connectivity index is 2.42. The van der Waals surface area contributed by atoms with Crippen LogP contribution in [0.2, 0.25) is 0 Å². The third-order valence-corrected chi connectivity index (χ3v) is 6.68. The number of benzene rings is 2. The highest BCUT2D eigenvalue weighted by molar-refractivity contribution is 7.92. The van der Waals surface area contributed by atoms with Gasteiger partial charge in [0.25, 0.3) is 0 Å². The smallest absolute Gasteiger partial charge is 0.244 e. The number of hydrogen-bond acceptors (Lipinski definition) is 6. The molecule has 9 nitrogen and oxygen atoms in total. The van der Waals surface area contributed by atoms with Gasteiger partial charge in [-0.15, -0.1) is 0 Å². The molecule has 192 valence electrons. The predicted molar refractivity (Wildman–Crippen MR) is 136 cm³/mol. The fraction of sp³-hybridized carbons (Fsp3) is 0.440. The highest BCUT2D eigenvalue weighted by Gasteiger charge is 2.32. The van der Waals surface area contributed by atoms with Crippen LogP contribution in [-0.4, -0.2) is 71.3 Å². The molecule has 0 saturated heterocycles. The van der Waals surface area contributed by atoms with Gasteiger partial charge in [0.1, 0.15) is 24.1 Å². The minimum absolute atomic E-state index is 0.207. The SMILES string of the molecule is CCNC(=O)[C@H](CC)N(CCc1ccccc1)C(=O)CN(c1ccc(OC)cc1OC)S(C)(=O)=O. The van der Waals surface area contributed by atoms with Crippen LogP contribution in [0.4, 0.5) is 5.69 Å². The first-order valence-electron chi connectivity index (χ1n) is 11.5. The Bertz CT molecular complexity index is 1090. The van der Waals surface area contributed by atoms with Crippen LogP contribution in [0, 0.1) is 0 Å². The lowest BCUT2D eigenvalue weighted by atomic mass is 10.1. The van der Waals surface area contributed by atoms with E-state index in [1.54, 1.807) is 12.1 Å². The van der Waals surface area contributed by atoms with E-state index in [4.69, 9.17) is 9.47 Å². The molecule has 0 bridgehead atoms. The summed E-state index contributed by atoms with van der Waals surface area (Å²) in [5, 5.41) is 2.78. The first-order valence-corrected chi connectivity index (χ1v) is 13.3. The number of sulfonamides is 1. The molecular formula is C25H35N3O6S. The number of carbonyl (C=O) groups is 2. The molecule has 2 amide bonds. The third kappa shape index (κ3) is 7.61. The lowest BCUT2D eigenvalue weighted by molar-refractivity contribution is -0.139. The Kier molecular flexibility index (Phi) is 10.4. The van der Waals surface area contributed by atoms with E-state index in [0.717, 1.165) is 16.1 Å². The monoisotopic (exact) mass is 505 g/mol. The van der Waals surface area contributed by atoms with Gasteiger partial charge in [-0.2, -0.15) is 0 Å². The Morgan fingerprint density at radius 1 is 1.03 bits per heavy atom. The zero-order chi connectivity index (χ0) is 26.0. The number of anilines is 1. The average molecular weight is 506 g/mol. The first kappa shape index (κ1) is 28.0. The molecule has 2 aromatic rings. The number of ether oxygens (including phenoxy) is 2. The van der Waals surface area contributed by atoms with Gasteiger partial charge >= 0.3 is 0 Å². The van der Waals surface area contributed by atoms with Crippen molar-refractivity contribution >= 4 is 27.5 Å². The second-order valence-electron chi connectivity index (χ2n) is 7.95. The molecule has 0 radical (unpaired) electrons. The van der Waals surface area contributed by atoms with E-state index in [1.165, 1.54) is 25.2 Å². The van der Waals surface area contributed by atoms with Gasteiger partial charge in [-0.3, -0.25) is 13.9 Å². The van der Waals surface area contributed by atoms with Crippen molar-refractivity contribution in [3.63, 3.8) is 0 Å². The maximum absolute atomic E-state index is 13.6. The number of methoxy groups -OCH3 is 2. The normalized spacial score (nSPS) is 11.9. The zero-order valence-electron chi connectivity index (χ0n) is 21.0. The lowest BCUT2D eigenvalue weighted by Gasteiger charge is -2.33. The minimum atomic E-state index is -3.86. The van der Waals surface area contributed by atoms with Crippen molar-refractivity contribution in [2.75, 3.05) is 44.4 Å². The van der Waals surface area contributed by atoms with E-state index in [9.17, 15) is 18.0 Å². The van der Waals surface area contributed by atoms with E-state index < -0.39 is 28.5 Å². The van der Waals surface area contributed by atoms with Gasteiger partial charge in [0.05, 0.1) is 26.2 Å². The molecule has 0 aromatic heterocycles. The predicted octanol–water partition coefficient (Wildman–Crippen LogP) is 2.46. The maximum Gasteiger partial charge on any atom is 0.244 e. The first-order chi connectivity index (χ1) is 16.7. The van der Waals surface area contributed by atoms with Gasteiger partial charge in [-0.25, -0.2) is 8.42 Å². The fourth-order valence-corrected chi connectivity index (χ4v) is 4.63. The average Bonchev–Trinajstić information content (AvgIpc) is 2.84. The van der Waals surface area contributed by atoms with Gasteiger partial charge < -0.3 is 19.7 Å². The van der Waals surface area contributed by atoms with Crippen molar-refractivity contribution in [1.82, 2.24) is 10.2 Å². The van der Waals surface area contributed by atoms with Gasteiger partial charge in [0.2, 0.25) is 21.8 Å². The summed E-state index contributed by atoms with van der Waals surface area (Å²) >= 11 is 0. The van der Waals surface area contributed by atoms with Crippen LogP contribution < -0.4 is 19.1 Å². The van der Waals surface area contributed by atoms with Crippen LogP contribution in [0.5, 0.6) is 11.5 Å². The molecule has 35 heavy (non-hydrogen) atoms. The Morgan fingerprint density at radius 2 is 1.71 bits per heavy atom. The van der Waals surface area contributed by atoms with E-state index in [0.29, 0.717) is 25.1 Å². The maximum atomic E-state index is 13.6. The second-order valence-corrected chi connectivity index (χ2v) is 9.86. The van der Waals surface area contributed by atoms with E-state index >= 15 is 0 Å². The lowest BCUT2D eigenvalue weighted by Crippen LogP contribution is -2.53. The summed E-state index contributed by atoms with van der Waals surface area (Å²) in [5.74, 6) is -0.0296. The molecule has 0 spiro atoms. The van der Waals surface area contributed by atoms with Gasteiger partial charge in [0, 0.05) is 19.2 Å². The number of likely N-dealkylation sites (N-methyl/N-ethyl adjacent to an activating group) is 1. The summed E-state index contributed by atoms with van der Waals surface area (Å²) < 4.78 is 37.1. The number of nitrogens with one attached hydrogen (secondary N) is 1. The molecule has 2 aromatic carbocycles. The van der Waals surface area contributed by atoms with Crippen molar-refractivity contribution in [2.24, 2.45) is 0 Å². The Hall–Kier alpha value is -3.27. The highest BCUT2D eigenvalue weighted by Crippen LogP contribution is 2.33. The van der Waals surface area contributed by atoms with Crippen LogP contribution in [0.25, 0.3) is 0 Å². The third-order valence-electron chi connectivity index (χ3n) is 5.56. The highest BCUT2D eigenvalue weighted by atomic mass is 32.2. The quantitative estimate of drug-likeness (QED) is 0.448. The van der Waals surface area contributed by atoms with E-state index in [1.807, 2.05) is 44.2 Å². The van der Waals surface area contributed by atoms with Crippen molar-refractivity contribution < 1.29 is 27.5 Å². The summed E-state index contributed by atoms with van der Waals surface area (Å²) in [5.41, 5.74) is 1.21. The van der Waals surface area contributed by atoms with Crippen LogP contribution in [-0.2, 0) is 26.0 Å². The molecule has 1 atom stereocenters. The van der Waals surface area contributed by atoms with Gasteiger partial charge in [-0.05, 0) is 37.5 Å². The van der Waals surface area contributed by atoms with Crippen LogP contribution >= 0.6 is 0 Å². The topological polar surface area (TPSA) is 105 Å². The van der Waals surface area contributed by atoms with Crippen molar-refractivity contribution in [1.29, 1.82) is 0 Å². The summed E-state index contributed by atoms with van der Waals surface area (Å²) in [4.78, 5) is 27.8. The molecule has 0 heterocycles. The molecule has 0 aliphatic carbocycles. The molecule has 0 saturated carbocycles. The van der Waals surface area contributed by atoms with E-state index in [2.05, 4.69) is 5.32 Å². The molecule has 1 N–H and O–H groups in total. The Morgan fingerprint density at radius 3 is 2.26 bits per heavy atom. The largest absolute Gasteiger partial charge is 0.497 e. The Labute approximate surface area is 208 Å². The van der Waals surface area contributed by atoms with Crippen LogP contribution in [0.1, 0.15) is 25.8 Å². The zero-order valence-corrected chi connectivity index (χ0v) is 21.8. The standard InChI is InChI=1S/C25H35N3O6S/c1-6-21(25(30)26-7-2)27(16-15-19-11-9-8-10-12-19)24(29)18-28(35(5,31)32)22-14-13-20(33-3)17-23(22)34-4/h8-14,17,21H,6-7,15-16,18H2,1-5H3,(H,26,30)/t21-/m0/s1. The van der Waals surface area contributed by atoms with Gasteiger partial charge in [-0.1, -0.05) is 37.3 Å². The fourth-order valence-electron chi connectivity index (χ4n) is 3.77. The molecule has 0 aliphatic rings. The van der Waals surface area contributed by atoms with Crippen molar-refractivity contribution in [3.8, 4) is 11.5 Å². The van der Waals surface area contributed by atoms with E-state index in [-0.39, 0.29) is 23.9 Å². The number of carbonyl (C=O) groups excluding carboxylic acids is 2. The number of amides is 2. The van der Waals surface area contributed by atoms with Crippen LogP contribution in [0.3, 0.4) is 0 Å². The van der Waals surface area contributed by atoms with Crippen molar-refractivity contribution in [2.45, 2.75) is 32.7 Å². The molecule has 0 aliphatic heterocycles. The molecule has 0 unspecified atom stereocenters. The summed E-state index contributed by atoms with van der Waals surface area (Å²) in [6.07, 6.45) is 1.93. The minimum Gasteiger partial charge on any atom is -0.497 e. The van der Waals surface area contributed by atoms with Gasteiger partial charge in [0.15, 0.2) is 0 Å². The summed E-state index contributed by atoms with van der Waals surface area (Å²) in [6.45, 7) is 3.84. The van der Waals surface area contributed by atoms with Crippen molar-refractivity contribution in [3.05, 3.63) is 54.1 Å². The molecule has 10 heteroatoms. The number of rotatable bonds is 13. The number of nitrogens with zero attached hydrogens (tertiary/aromatic N) is 2. The molecule has 2 rings (SSSR count).